The van der Waals surface area contributed by atoms with E-state index in [4.69, 9.17) is 0 Å². The minimum atomic E-state index is -0.586. The molecule has 276 valence electrons. The zero-order valence-electron chi connectivity index (χ0n) is 32.0. The van der Waals surface area contributed by atoms with E-state index in [1.165, 1.54) is 0 Å². The second-order valence-corrected chi connectivity index (χ2v) is 19.3. The molecule has 3 aliphatic rings. The number of hydrogen-bond acceptors (Lipinski definition) is 12. The van der Waals surface area contributed by atoms with Crippen LogP contribution in [-0.4, -0.2) is 101 Å². The summed E-state index contributed by atoms with van der Waals surface area (Å²) in [5.74, 6) is 1.34. The van der Waals surface area contributed by atoms with Crippen molar-refractivity contribution in [3.63, 3.8) is 0 Å². The molecule has 9 N–H and O–H groups in total. The number of anilines is 3. The van der Waals surface area contributed by atoms with Gasteiger partial charge in [-0.2, -0.15) is 15.0 Å². The highest BCUT2D eigenvalue weighted by atomic mass is 16.3. The van der Waals surface area contributed by atoms with Crippen molar-refractivity contribution in [1.29, 1.82) is 0 Å². The summed E-state index contributed by atoms with van der Waals surface area (Å²) >= 11 is 0. The van der Waals surface area contributed by atoms with E-state index in [0.717, 1.165) is 38.5 Å². The monoisotopic (exact) mass is 676 g/mol. The average Bonchev–Trinajstić information content (AvgIpc) is 2.88. The van der Waals surface area contributed by atoms with Crippen LogP contribution in [0.3, 0.4) is 0 Å². The van der Waals surface area contributed by atoms with Crippen molar-refractivity contribution >= 4 is 17.8 Å². The molecule has 3 atom stereocenters. The zero-order chi connectivity index (χ0) is 35.9. The molecule has 0 aromatic carbocycles. The topological polar surface area (TPSA) is 172 Å². The standard InChI is InChI=1S/C36H69N9O3/c1-31(2)13-22(14-32(3,4)43-31)25(46)19-37-28-40-29(38-20-26(47)23-15-33(5,6)44-34(7,8)16-23)42-30(41-28)39-21-27(48)24-17-35(9,10)45-36(11,12)18-24/h22-27,43-48H,13-21H2,1-12H3,(H3,37,38,39,40,41,42). The van der Waals surface area contributed by atoms with Crippen molar-refractivity contribution in [1.82, 2.24) is 30.9 Å². The van der Waals surface area contributed by atoms with E-state index in [1.807, 2.05) is 0 Å². The minimum Gasteiger partial charge on any atom is -0.391 e. The SMILES string of the molecule is CC1(C)CC(C(O)CNc2nc(NCC(O)C3CC(C)(C)NC(C)(C)C3)nc(NCC(O)C3CC(C)(C)NC(C)(C)C3)n2)CC(C)(C)N1. The van der Waals surface area contributed by atoms with Gasteiger partial charge in [0.25, 0.3) is 0 Å². The fourth-order valence-electron chi connectivity index (χ4n) is 9.72. The van der Waals surface area contributed by atoms with Crippen molar-refractivity contribution in [2.75, 3.05) is 35.6 Å². The Labute approximate surface area is 290 Å². The van der Waals surface area contributed by atoms with Gasteiger partial charge >= 0.3 is 0 Å². The zero-order valence-corrected chi connectivity index (χ0v) is 32.0. The lowest BCUT2D eigenvalue weighted by atomic mass is 9.73. The Morgan fingerprint density at radius 1 is 0.458 bits per heavy atom. The highest BCUT2D eigenvalue weighted by Crippen LogP contribution is 2.37. The van der Waals surface area contributed by atoms with E-state index in [2.05, 4.69) is 130 Å². The lowest BCUT2D eigenvalue weighted by Crippen LogP contribution is -2.59. The number of nitrogens with one attached hydrogen (secondary N) is 6. The summed E-state index contributed by atoms with van der Waals surface area (Å²) in [5.41, 5.74) is -0.452. The summed E-state index contributed by atoms with van der Waals surface area (Å²) in [6.07, 6.45) is 3.41. The Morgan fingerprint density at radius 2 is 0.646 bits per heavy atom. The molecule has 0 amide bonds. The molecule has 1 aromatic rings. The van der Waals surface area contributed by atoms with Gasteiger partial charge in [-0.15, -0.1) is 0 Å². The Kier molecular flexibility index (Phi) is 11.4. The fourth-order valence-corrected chi connectivity index (χ4v) is 9.72. The van der Waals surface area contributed by atoms with Crippen molar-refractivity contribution in [3.8, 4) is 0 Å². The van der Waals surface area contributed by atoms with Gasteiger partial charge in [0.2, 0.25) is 17.8 Å². The summed E-state index contributed by atoms with van der Waals surface area (Å²) in [7, 11) is 0. The molecule has 3 unspecified atom stereocenters. The largest absolute Gasteiger partial charge is 0.391 e. The molecule has 0 radical (unpaired) electrons. The summed E-state index contributed by atoms with van der Waals surface area (Å²) in [6.45, 7) is 27.1. The van der Waals surface area contributed by atoms with Crippen LogP contribution >= 0.6 is 0 Å². The Bertz CT molecular complexity index is 1030. The molecule has 0 saturated carbocycles. The van der Waals surface area contributed by atoms with Gasteiger partial charge in [-0.25, -0.2) is 0 Å². The summed E-state index contributed by atoms with van der Waals surface area (Å²) in [4.78, 5) is 13.9. The van der Waals surface area contributed by atoms with Crippen molar-refractivity contribution in [2.24, 2.45) is 17.8 Å². The smallest absolute Gasteiger partial charge is 0.229 e. The van der Waals surface area contributed by atoms with Crippen LogP contribution in [0.5, 0.6) is 0 Å². The molecule has 12 heteroatoms. The van der Waals surface area contributed by atoms with Crippen molar-refractivity contribution in [2.45, 2.75) is 173 Å². The van der Waals surface area contributed by atoms with E-state index < -0.39 is 18.3 Å². The quantitative estimate of drug-likeness (QED) is 0.157. The van der Waals surface area contributed by atoms with Crippen molar-refractivity contribution in [3.05, 3.63) is 0 Å². The maximum Gasteiger partial charge on any atom is 0.229 e. The lowest BCUT2D eigenvalue weighted by molar-refractivity contribution is 0.0339. The molecule has 4 rings (SSSR count). The molecular weight excluding hydrogens is 606 g/mol. The van der Waals surface area contributed by atoms with Gasteiger partial charge < -0.3 is 47.2 Å². The van der Waals surface area contributed by atoms with Crippen molar-refractivity contribution < 1.29 is 15.3 Å². The molecular formula is C36H69N9O3. The third-order valence-electron chi connectivity index (χ3n) is 10.3. The number of rotatable bonds is 12. The average molecular weight is 676 g/mol. The molecule has 12 nitrogen and oxygen atoms in total. The third-order valence-corrected chi connectivity index (χ3v) is 10.3. The number of aliphatic hydroxyl groups is 3. The predicted molar refractivity (Wildman–Crippen MR) is 195 cm³/mol. The predicted octanol–water partition coefficient (Wildman–Crippen LogP) is 3.86. The molecule has 0 aliphatic carbocycles. The first-order valence-corrected chi connectivity index (χ1v) is 18.2. The molecule has 0 bridgehead atoms. The van der Waals surface area contributed by atoms with Crippen LogP contribution in [0, 0.1) is 17.8 Å². The van der Waals surface area contributed by atoms with Crippen LogP contribution in [0.25, 0.3) is 0 Å². The first-order valence-electron chi connectivity index (χ1n) is 18.2. The second kappa shape index (κ2) is 14.1. The Morgan fingerprint density at radius 3 is 0.833 bits per heavy atom. The van der Waals surface area contributed by atoms with Crippen LogP contribution in [0.4, 0.5) is 17.8 Å². The lowest BCUT2D eigenvalue weighted by Gasteiger charge is -2.47. The Hall–Kier alpha value is -1.83. The number of aromatic nitrogens is 3. The molecule has 3 fully saturated rings. The molecule has 1 aromatic heterocycles. The third kappa shape index (κ3) is 11.3. The van der Waals surface area contributed by atoms with Crippen LogP contribution in [0.15, 0.2) is 0 Å². The van der Waals surface area contributed by atoms with Gasteiger partial charge in [0.1, 0.15) is 0 Å². The summed E-state index contributed by atoms with van der Waals surface area (Å²) < 4.78 is 0. The van der Waals surface area contributed by atoms with Crippen LogP contribution < -0.4 is 31.9 Å². The second-order valence-electron chi connectivity index (χ2n) is 19.3. The molecule has 3 saturated heterocycles. The highest BCUT2D eigenvalue weighted by Gasteiger charge is 2.42. The number of aliphatic hydroxyl groups excluding tert-OH is 3. The van der Waals surface area contributed by atoms with Crippen LogP contribution in [0.1, 0.15) is 122 Å². The van der Waals surface area contributed by atoms with Crippen LogP contribution in [-0.2, 0) is 0 Å². The Balaban J connectivity index is 1.47. The molecule has 0 spiro atoms. The summed E-state index contributed by atoms with van der Waals surface area (Å²) in [6, 6.07) is 0. The van der Waals surface area contributed by atoms with Gasteiger partial charge in [-0.3, -0.25) is 0 Å². The molecule has 4 heterocycles. The van der Waals surface area contributed by atoms with E-state index in [-0.39, 0.29) is 51.0 Å². The normalized spacial score (nSPS) is 27.1. The fraction of sp³-hybridized carbons (Fsp3) is 0.917. The minimum absolute atomic E-state index is 0.0753. The molecule has 3 aliphatic heterocycles. The van der Waals surface area contributed by atoms with Gasteiger partial charge in [0.15, 0.2) is 0 Å². The van der Waals surface area contributed by atoms with Gasteiger partial charge in [0, 0.05) is 52.9 Å². The summed E-state index contributed by atoms with van der Waals surface area (Å²) in [5, 5.41) is 54.7. The van der Waals surface area contributed by atoms with E-state index >= 15 is 0 Å². The van der Waals surface area contributed by atoms with Gasteiger partial charge in [-0.05, 0) is 139 Å². The molecule has 48 heavy (non-hydrogen) atoms. The van der Waals surface area contributed by atoms with Gasteiger partial charge in [0.05, 0.1) is 18.3 Å². The first kappa shape index (κ1) is 39.0. The number of piperidine rings is 3. The van der Waals surface area contributed by atoms with Gasteiger partial charge in [-0.1, -0.05) is 0 Å². The van der Waals surface area contributed by atoms with Crippen LogP contribution in [0.2, 0.25) is 0 Å². The first-order chi connectivity index (χ1) is 21.8. The van der Waals surface area contributed by atoms with E-state index in [9.17, 15) is 15.3 Å². The maximum absolute atomic E-state index is 11.3. The maximum atomic E-state index is 11.3. The van der Waals surface area contributed by atoms with E-state index in [0.29, 0.717) is 37.5 Å². The number of nitrogens with zero attached hydrogens (tertiary/aromatic N) is 3. The van der Waals surface area contributed by atoms with E-state index in [1.54, 1.807) is 0 Å². The number of hydrogen-bond donors (Lipinski definition) is 9. The highest BCUT2D eigenvalue weighted by molar-refractivity contribution is 5.42.